The summed E-state index contributed by atoms with van der Waals surface area (Å²) in [7, 11) is 6.76. The van der Waals surface area contributed by atoms with Crippen molar-refractivity contribution in [1.29, 1.82) is 10.8 Å². The van der Waals surface area contributed by atoms with Crippen LogP contribution in [-0.4, -0.2) is 95.2 Å². The molecule has 0 amide bonds. The Morgan fingerprint density at radius 1 is 0.889 bits per heavy atom. The van der Waals surface area contributed by atoms with Crippen LogP contribution in [0, 0.1) is 10.8 Å². The molecule has 1 unspecified atom stereocenters. The summed E-state index contributed by atoms with van der Waals surface area (Å²) < 4.78 is 0. The number of nitrogens with two attached hydrogens (primary N) is 4. The van der Waals surface area contributed by atoms with E-state index in [2.05, 4.69) is 9.98 Å². The highest BCUT2D eigenvalue weighted by atomic mass is 16.4. The van der Waals surface area contributed by atoms with Crippen molar-refractivity contribution in [3.63, 3.8) is 0 Å². The molecule has 0 aromatic rings. The number of carboxylic acid groups (broad SMARTS) is 2. The zero-order valence-corrected chi connectivity index (χ0v) is 15.5. The zero-order chi connectivity index (χ0) is 22.3. The smallest absolute Gasteiger partial charge is 0.333 e. The summed E-state index contributed by atoms with van der Waals surface area (Å²) in [5.41, 5.74) is 20.0. The molecule has 0 spiro atoms. The molecule has 15 nitrogen and oxygen atoms in total. The van der Waals surface area contributed by atoms with Crippen molar-refractivity contribution >= 4 is 35.8 Å². The molecule has 13 N–H and O–H groups in total. The van der Waals surface area contributed by atoms with Crippen LogP contribution in [-0.2, 0) is 9.59 Å². The van der Waals surface area contributed by atoms with E-state index in [0.29, 0.717) is 0 Å². The van der Waals surface area contributed by atoms with Gasteiger partial charge in [-0.25, -0.2) is 4.79 Å². The number of aliphatic hydroxyl groups excluding tert-OH is 1. The van der Waals surface area contributed by atoms with E-state index in [9.17, 15) is 9.59 Å². The Morgan fingerprint density at radius 2 is 1.19 bits per heavy atom. The van der Waals surface area contributed by atoms with Gasteiger partial charge in [0.15, 0.2) is 18.0 Å². The van der Waals surface area contributed by atoms with Gasteiger partial charge in [0, 0.05) is 28.2 Å². The molecule has 0 radical (unpaired) electrons. The fraction of sp³-hybridized carbons (Fsp3) is 0.500. The van der Waals surface area contributed by atoms with Crippen molar-refractivity contribution in [3.05, 3.63) is 0 Å². The Hall–Kier alpha value is -3.62. The summed E-state index contributed by atoms with van der Waals surface area (Å²) in [5, 5.41) is 38.2. The van der Waals surface area contributed by atoms with Gasteiger partial charge in [0.05, 0.1) is 6.42 Å². The fourth-order valence-electron chi connectivity index (χ4n) is 0.697. The summed E-state index contributed by atoms with van der Waals surface area (Å²) in [6, 6.07) is 0. The van der Waals surface area contributed by atoms with Crippen molar-refractivity contribution in [2.24, 2.45) is 32.9 Å². The molecule has 0 bridgehead atoms. The van der Waals surface area contributed by atoms with Gasteiger partial charge < -0.3 is 48.1 Å². The monoisotopic (exact) mass is 392 g/mol. The van der Waals surface area contributed by atoms with Gasteiger partial charge in [0.25, 0.3) is 0 Å². The number of carboxylic acids is 2. The average molecular weight is 392 g/mol. The molecule has 0 fully saturated rings. The molecular weight excluding hydrogens is 364 g/mol. The maximum Gasteiger partial charge on any atom is 0.333 e. The van der Waals surface area contributed by atoms with E-state index >= 15 is 0 Å². The largest absolute Gasteiger partial charge is 0.481 e. The lowest BCUT2D eigenvalue weighted by atomic mass is 10.3. The third-order valence-electron chi connectivity index (χ3n) is 1.97. The number of rotatable bonds is 3. The van der Waals surface area contributed by atoms with E-state index in [0.717, 1.165) is 0 Å². The molecule has 15 heteroatoms. The lowest BCUT2D eigenvalue weighted by molar-refractivity contribution is -0.152. The minimum atomic E-state index is -1.79. The first-order valence-electron chi connectivity index (χ1n) is 6.95. The summed E-state index contributed by atoms with van der Waals surface area (Å²) in [4.78, 5) is 29.3. The van der Waals surface area contributed by atoms with Crippen molar-refractivity contribution in [1.82, 2.24) is 9.80 Å². The Morgan fingerprint density at radius 3 is 1.26 bits per heavy atom. The van der Waals surface area contributed by atoms with Gasteiger partial charge in [0.2, 0.25) is 11.9 Å². The van der Waals surface area contributed by atoms with Crippen LogP contribution < -0.4 is 22.9 Å². The summed E-state index contributed by atoms with van der Waals surface area (Å²) >= 11 is 0. The lowest BCUT2D eigenvalue weighted by Gasteiger charge is -2.07. The number of nitrogens with zero attached hydrogens (tertiary/aromatic N) is 4. The van der Waals surface area contributed by atoms with Crippen LogP contribution in [0.25, 0.3) is 0 Å². The van der Waals surface area contributed by atoms with Crippen LogP contribution in [0.15, 0.2) is 9.98 Å². The number of aliphatic carboxylic acids is 2. The van der Waals surface area contributed by atoms with Crippen molar-refractivity contribution in [2.75, 3.05) is 28.2 Å². The maximum atomic E-state index is 9.72. The molecule has 27 heavy (non-hydrogen) atoms. The van der Waals surface area contributed by atoms with Crippen LogP contribution in [0.3, 0.4) is 0 Å². The molecule has 0 aromatic heterocycles. The molecule has 0 aliphatic rings. The van der Waals surface area contributed by atoms with Gasteiger partial charge >= 0.3 is 11.9 Å². The van der Waals surface area contributed by atoms with Gasteiger partial charge in [-0.3, -0.25) is 15.6 Å². The number of nitrogens with one attached hydrogen (secondary N) is 2. The third-order valence-corrected chi connectivity index (χ3v) is 1.97. The molecule has 0 rings (SSSR count). The van der Waals surface area contributed by atoms with E-state index in [1.165, 1.54) is 9.80 Å². The SMILES string of the molecule is CN(C)C(=N)N=C(N)N.CN(C)C(=N)N=C(N)N.O=C(O)CC(O)C(=O)O. The Balaban J connectivity index is -0.000000320. The third kappa shape index (κ3) is 22.4. The Kier molecular flexibility index (Phi) is 15.4. The summed E-state index contributed by atoms with van der Waals surface area (Å²) in [6.07, 6.45) is -2.54. The molecule has 1 atom stereocenters. The number of carbonyl (C=O) groups is 2. The second kappa shape index (κ2) is 14.7. The van der Waals surface area contributed by atoms with Crippen LogP contribution in [0.2, 0.25) is 0 Å². The fourth-order valence-corrected chi connectivity index (χ4v) is 0.697. The summed E-state index contributed by atoms with van der Waals surface area (Å²) in [5.74, 6) is -2.92. The molecule has 0 aliphatic heterocycles. The lowest BCUT2D eigenvalue weighted by Crippen LogP contribution is -2.28. The number of aliphatic imine (C=N–C) groups is 2. The number of hydrogen-bond donors (Lipinski definition) is 9. The average Bonchev–Trinajstić information content (AvgIpc) is 2.46. The molecular formula is C12H28N10O5. The second-order valence-corrected chi connectivity index (χ2v) is 4.96. The highest BCUT2D eigenvalue weighted by Gasteiger charge is 2.16. The normalized spacial score (nSPS) is 9.67. The first-order chi connectivity index (χ1) is 12.1. The number of aliphatic hydroxyl groups is 1. The van der Waals surface area contributed by atoms with Crippen molar-refractivity contribution in [3.8, 4) is 0 Å². The standard InChI is InChI=1S/2C4H11N5.C4H6O5/c2*1-9(2)4(7)8-3(5)6;5-2(4(8)9)1-3(6)7/h2*1-2H3,(H5,5,6,7,8);2,5H,1H2,(H,6,7)(H,8,9). The predicted molar refractivity (Wildman–Crippen MR) is 100 cm³/mol. The van der Waals surface area contributed by atoms with E-state index in [4.69, 9.17) is 49.1 Å². The predicted octanol–water partition coefficient (Wildman–Crippen LogP) is -3.58. The van der Waals surface area contributed by atoms with E-state index in [-0.39, 0.29) is 23.8 Å². The van der Waals surface area contributed by atoms with Gasteiger partial charge in [-0.2, -0.15) is 9.98 Å². The molecule has 0 aliphatic carbocycles. The van der Waals surface area contributed by atoms with Gasteiger partial charge in [-0.1, -0.05) is 0 Å². The minimum absolute atomic E-state index is 0.0509. The Labute approximate surface area is 156 Å². The topological polar surface area (TPSA) is 278 Å². The van der Waals surface area contributed by atoms with E-state index in [1.54, 1.807) is 28.2 Å². The maximum absolute atomic E-state index is 9.72. The second-order valence-electron chi connectivity index (χ2n) is 4.96. The molecule has 0 saturated carbocycles. The van der Waals surface area contributed by atoms with Gasteiger partial charge in [-0.15, -0.1) is 0 Å². The van der Waals surface area contributed by atoms with Gasteiger partial charge in [0.1, 0.15) is 0 Å². The van der Waals surface area contributed by atoms with E-state index in [1.807, 2.05) is 0 Å². The summed E-state index contributed by atoms with van der Waals surface area (Å²) in [6.45, 7) is 0. The van der Waals surface area contributed by atoms with Crippen molar-refractivity contribution < 1.29 is 24.9 Å². The van der Waals surface area contributed by atoms with Crippen LogP contribution in [0.4, 0.5) is 0 Å². The molecule has 0 saturated heterocycles. The quantitative estimate of drug-likeness (QED) is 0.167. The highest BCUT2D eigenvalue weighted by molar-refractivity contribution is 5.91. The van der Waals surface area contributed by atoms with E-state index < -0.39 is 24.5 Å². The molecule has 0 heterocycles. The number of guanidine groups is 4. The Bertz CT molecular complexity index is 531. The van der Waals surface area contributed by atoms with Crippen LogP contribution >= 0.6 is 0 Å². The molecule has 0 aromatic carbocycles. The first kappa shape index (κ1) is 28.2. The van der Waals surface area contributed by atoms with Crippen molar-refractivity contribution in [2.45, 2.75) is 12.5 Å². The van der Waals surface area contributed by atoms with Gasteiger partial charge in [-0.05, 0) is 0 Å². The van der Waals surface area contributed by atoms with Crippen LogP contribution in [0.1, 0.15) is 6.42 Å². The van der Waals surface area contributed by atoms with Crippen LogP contribution in [0.5, 0.6) is 0 Å². The zero-order valence-electron chi connectivity index (χ0n) is 15.5. The number of hydrogen-bond acceptors (Lipinski definition) is 5. The highest BCUT2D eigenvalue weighted by Crippen LogP contribution is 1.89. The first-order valence-corrected chi connectivity index (χ1v) is 6.95. The minimum Gasteiger partial charge on any atom is -0.481 e. The molecule has 156 valence electrons.